The van der Waals surface area contributed by atoms with Gasteiger partial charge in [0, 0.05) is 50.9 Å². The largest absolute Gasteiger partial charge is 0.151 e. The molecule has 0 heterocycles. The van der Waals surface area contributed by atoms with Crippen LogP contribution in [0.1, 0.15) is 212 Å². The summed E-state index contributed by atoms with van der Waals surface area (Å²) in [5.41, 5.74) is 0. The van der Waals surface area contributed by atoms with Crippen LogP contribution >= 0.6 is 127 Å². The van der Waals surface area contributed by atoms with E-state index in [0.29, 0.717) is 19.2 Å². The Bertz CT molecular complexity index is 1200. The molecule has 0 spiro atoms. The highest BCUT2D eigenvalue weighted by molar-refractivity contribution is 8.76. The average molecular weight is 1050 g/mol. The Morgan fingerprint density at radius 1 is 0.508 bits per heavy atom. The van der Waals surface area contributed by atoms with Crippen molar-refractivity contribution in [2.45, 2.75) is 259 Å². The molecule has 1 rings (SSSR count). The van der Waals surface area contributed by atoms with Crippen LogP contribution in [0.5, 0.6) is 0 Å². The summed E-state index contributed by atoms with van der Waals surface area (Å²) in [4.78, 5) is 9.74. The average Bonchev–Trinajstić information content (AvgIpc) is 3.20. The molecule has 2 atom stereocenters. The van der Waals surface area contributed by atoms with Crippen molar-refractivity contribution < 1.29 is 0 Å². The van der Waals surface area contributed by atoms with Crippen molar-refractivity contribution in [1.82, 2.24) is 0 Å². The van der Waals surface area contributed by atoms with Crippen LogP contribution in [0.4, 0.5) is 0 Å². The van der Waals surface area contributed by atoms with Crippen LogP contribution in [0.25, 0.3) is 0 Å². The second-order valence-corrected chi connectivity index (χ2v) is 33.6. The number of hydrogen-bond acceptors (Lipinski definition) is 11. The molecule has 0 amide bonds. The molecule has 0 N–H and O–H groups in total. The van der Waals surface area contributed by atoms with Gasteiger partial charge in [-0.25, -0.2) is 0 Å². The Morgan fingerprint density at radius 3 is 1.62 bits per heavy atom. The van der Waals surface area contributed by atoms with Gasteiger partial charge in [0.2, 0.25) is 0 Å². The maximum Gasteiger partial charge on any atom is 0.107 e. The summed E-state index contributed by atoms with van der Waals surface area (Å²) in [6.45, 7) is 28.7. The van der Waals surface area contributed by atoms with Crippen molar-refractivity contribution in [2.75, 3.05) is 40.8 Å². The van der Waals surface area contributed by atoms with Crippen LogP contribution in [0.3, 0.4) is 0 Å². The van der Waals surface area contributed by atoms with E-state index in [1.807, 2.05) is 0 Å². The third-order valence-electron chi connectivity index (χ3n) is 9.66. The highest BCUT2D eigenvalue weighted by atomic mass is 33.1. The van der Waals surface area contributed by atoms with E-state index >= 15 is 0 Å². The van der Waals surface area contributed by atoms with Crippen LogP contribution in [-0.2, 0) is 0 Å². The van der Waals surface area contributed by atoms with E-state index in [4.69, 9.17) is 0 Å². The summed E-state index contributed by atoms with van der Waals surface area (Å²) in [6.07, 6.45) is 29.3. The third-order valence-corrected chi connectivity index (χ3v) is 26.1. The summed E-state index contributed by atoms with van der Waals surface area (Å²) < 4.78 is 1.08. The molecule has 0 aromatic heterocycles. The molecular weight excluding hydrogens is 953 g/mol. The fraction of sp³-hybridized carbons (Fsp3) is 0.880. The lowest BCUT2D eigenvalue weighted by Crippen LogP contribution is -2.19. The maximum absolute atomic E-state index is 2.44. The highest BCUT2D eigenvalue weighted by Gasteiger charge is 2.32. The molecule has 0 radical (unpaired) electrons. The number of benzene rings is 1. The van der Waals surface area contributed by atoms with Gasteiger partial charge in [0.05, 0.1) is 4.58 Å². The van der Waals surface area contributed by atoms with Crippen LogP contribution in [-0.4, -0.2) is 58.8 Å². The molecule has 360 valence electrons. The summed E-state index contributed by atoms with van der Waals surface area (Å²) in [5, 5.41) is 0.687. The molecule has 0 aliphatic heterocycles. The summed E-state index contributed by atoms with van der Waals surface area (Å²) in [7, 11) is 4.27. The molecule has 1 aromatic rings. The van der Waals surface area contributed by atoms with Crippen LogP contribution in [0, 0.1) is 5.92 Å². The van der Waals surface area contributed by atoms with Crippen molar-refractivity contribution in [3.05, 3.63) is 0 Å². The number of hydrogen-bond donors (Lipinski definition) is 0. The van der Waals surface area contributed by atoms with Crippen molar-refractivity contribution in [3.63, 3.8) is 0 Å². The Labute approximate surface area is 428 Å². The molecule has 0 saturated carbocycles. The van der Waals surface area contributed by atoms with Gasteiger partial charge >= 0.3 is 0 Å². The topological polar surface area (TPSA) is 0 Å². The molecule has 0 aliphatic rings. The minimum absolute atomic E-state index is 0.150. The molecule has 2 unspecified atom stereocenters. The lowest BCUT2D eigenvalue weighted by molar-refractivity contribution is 0.594. The molecular formula is C50H94S11. The fourth-order valence-corrected chi connectivity index (χ4v) is 23.4. The second kappa shape index (κ2) is 38.9. The van der Waals surface area contributed by atoms with E-state index < -0.39 is 0 Å². The lowest BCUT2D eigenvalue weighted by Gasteiger charge is -2.33. The van der Waals surface area contributed by atoms with Gasteiger partial charge in [-0.05, 0) is 73.7 Å². The van der Waals surface area contributed by atoms with Crippen molar-refractivity contribution >= 4 is 127 Å². The van der Waals surface area contributed by atoms with E-state index in [-0.39, 0.29) is 4.75 Å². The molecule has 0 aliphatic carbocycles. The zero-order valence-electron chi connectivity index (χ0n) is 41.6. The second-order valence-electron chi connectivity index (χ2n) is 17.9. The Morgan fingerprint density at radius 2 is 1.07 bits per heavy atom. The first-order valence-electron chi connectivity index (χ1n) is 24.6. The Balaban J connectivity index is 3.61. The number of thioether (sulfide) groups is 9. The first-order chi connectivity index (χ1) is 29.3. The van der Waals surface area contributed by atoms with Gasteiger partial charge < -0.3 is 0 Å². The fourth-order valence-electron chi connectivity index (χ4n) is 6.60. The third kappa shape index (κ3) is 29.0. The van der Waals surface area contributed by atoms with E-state index in [0.717, 1.165) is 0 Å². The van der Waals surface area contributed by atoms with E-state index in [9.17, 15) is 0 Å². The van der Waals surface area contributed by atoms with Crippen LogP contribution in [0.15, 0.2) is 29.4 Å². The predicted molar refractivity (Wildman–Crippen MR) is 312 cm³/mol. The van der Waals surface area contributed by atoms with Gasteiger partial charge in [-0.15, -0.1) is 94.1 Å². The number of unbranched alkanes of at least 4 members (excludes halogenated alkanes) is 13. The standard InChI is InChI=1S/C50H94S11/c1-14-19-22-24-28-32-37-52-43-44(53-36-31-23-20-15-2)47(60-49(10,11)12)45(54-39-40(6)7)48(61-57-38-21-16-3)46(43)58-42(51-13)33-29-26-25-27-30-34-50(55-18-5,56-35-17-4)59-41(8)9/h40-42H,14-39H2,1-13H3. The van der Waals surface area contributed by atoms with Crippen molar-refractivity contribution in [1.29, 1.82) is 0 Å². The van der Waals surface area contributed by atoms with Gasteiger partial charge in [-0.1, -0.05) is 195 Å². The minimum atomic E-state index is 0.150. The lowest BCUT2D eigenvalue weighted by atomic mass is 10.1. The van der Waals surface area contributed by atoms with Gasteiger partial charge in [0.1, 0.15) is 3.41 Å². The molecule has 0 fully saturated rings. The molecule has 0 saturated heterocycles. The monoisotopic (exact) mass is 1050 g/mol. The van der Waals surface area contributed by atoms with Gasteiger partial charge in [0.25, 0.3) is 0 Å². The van der Waals surface area contributed by atoms with E-state index in [1.54, 1.807) is 29.4 Å². The smallest absolute Gasteiger partial charge is 0.107 e. The summed E-state index contributed by atoms with van der Waals surface area (Å²) >= 11 is 19.9. The van der Waals surface area contributed by atoms with Gasteiger partial charge in [-0.3, -0.25) is 0 Å². The van der Waals surface area contributed by atoms with Crippen molar-refractivity contribution in [2.24, 2.45) is 5.92 Å². The summed E-state index contributed by atoms with van der Waals surface area (Å²) in [5.74, 6) is 8.04. The van der Waals surface area contributed by atoms with Gasteiger partial charge in [-0.2, -0.15) is 11.8 Å². The molecule has 1 aromatic carbocycles. The maximum atomic E-state index is 2.44. The van der Waals surface area contributed by atoms with Crippen molar-refractivity contribution in [3.8, 4) is 0 Å². The molecule has 0 bridgehead atoms. The zero-order valence-corrected chi connectivity index (χ0v) is 50.6. The van der Waals surface area contributed by atoms with Crippen LogP contribution in [0.2, 0.25) is 0 Å². The first-order valence-corrected chi connectivity index (χ1v) is 35.7. The number of rotatable bonds is 41. The quantitative estimate of drug-likeness (QED) is 0.0266. The zero-order chi connectivity index (χ0) is 45.4. The van der Waals surface area contributed by atoms with E-state index in [2.05, 4.69) is 217 Å². The normalized spacial score (nSPS) is 13.8. The minimum Gasteiger partial charge on any atom is -0.151 e. The van der Waals surface area contributed by atoms with Gasteiger partial charge in [0.15, 0.2) is 0 Å². The summed E-state index contributed by atoms with van der Waals surface area (Å²) in [6, 6.07) is 0. The first kappa shape index (κ1) is 62.1. The SMILES string of the molecule is CCCCCCCCSc1c(SCCCCCC)c(SC(C)(C)C)c(SCC(C)C)c(SSCCCC)c1SC(CCCCCCCC(SCC)(SCCC)SC(C)C)SC. The molecule has 61 heavy (non-hydrogen) atoms. The molecule has 11 heteroatoms. The Kier molecular flexibility index (Phi) is 39.6. The highest BCUT2D eigenvalue weighted by Crippen LogP contribution is 2.59. The Hall–Kier alpha value is 3.07. The van der Waals surface area contributed by atoms with Crippen LogP contribution < -0.4 is 0 Å². The van der Waals surface area contributed by atoms with E-state index in [1.165, 1.54) is 163 Å². The molecule has 0 nitrogen and oxygen atoms in total. The predicted octanol–water partition coefficient (Wildman–Crippen LogP) is 22.2.